The summed E-state index contributed by atoms with van der Waals surface area (Å²) in [4.78, 5) is 0. The Bertz CT molecular complexity index is 475. The van der Waals surface area contributed by atoms with Crippen LogP contribution in [-0.4, -0.2) is 11.2 Å². The van der Waals surface area contributed by atoms with Gasteiger partial charge in [0.25, 0.3) is 0 Å². The predicted octanol–water partition coefficient (Wildman–Crippen LogP) is 3.82. The van der Waals surface area contributed by atoms with Crippen LogP contribution in [0.25, 0.3) is 0 Å². The van der Waals surface area contributed by atoms with Gasteiger partial charge in [0.15, 0.2) is 0 Å². The van der Waals surface area contributed by atoms with Gasteiger partial charge in [-0.05, 0) is 36.5 Å². The summed E-state index contributed by atoms with van der Waals surface area (Å²) in [7, 11) is 0. The number of hydrogen-bond donors (Lipinski definition) is 2. The quantitative estimate of drug-likeness (QED) is 0.829. The second-order valence-electron chi connectivity index (χ2n) is 5.30. The summed E-state index contributed by atoms with van der Waals surface area (Å²) in [5.74, 6) is -1.33. The first-order chi connectivity index (χ1) is 9.30. The van der Waals surface area contributed by atoms with Crippen LogP contribution < -0.4 is 5.73 Å². The van der Waals surface area contributed by atoms with E-state index in [1.54, 1.807) is 0 Å². The minimum absolute atomic E-state index is 0. The number of aliphatic hydroxyl groups excluding tert-OH is 1. The smallest absolute Gasteiger partial charge is 0.391 e. The molecule has 1 aliphatic rings. The van der Waals surface area contributed by atoms with Gasteiger partial charge in [0.1, 0.15) is 5.82 Å². The summed E-state index contributed by atoms with van der Waals surface area (Å²) >= 11 is 0. The van der Waals surface area contributed by atoms with Gasteiger partial charge in [-0.15, -0.1) is 12.4 Å². The Balaban J connectivity index is 0.00000220. The topological polar surface area (TPSA) is 46.2 Å². The number of nitrogens with two attached hydrogens (primary N) is 1. The van der Waals surface area contributed by atoms with E-state index < -0.39 is 29.7 Å². The molecule has 3 N–H and O–H groups in total. The third-order valence-electron chi connectivity index (χ3n) is 3.93. The number of halogens is 5. The average Bonchev–Trinajstić information content (AvgIpc) is 2.90. The maximum absolute atomic E-state index is 13.2. The van der Waals surface area contributed by atoms with E-state index in [1.807, 2.05) is 0 Å². The Morgan fingerprint density at radius 2 is 1.76 bits per heavy atom. The summed E-state index contributed by atoms with van der Waals surface area (Å²) in [5, 5.41) is 10.1. The zero-order valence-electron chi connectivity index (χ0n) is 11.2. The molecule has 120 valence electrons. The van der Waals surface area contributed by atoms with Crippen LogP contribution in [0, 0.1) is 11.7 Å². The minimum atomic E-state index is -4.77. The molecule has 1 saturated carbocycles. The third kappa shape index (κ3) is 4.08. The van der Waals surface area contributed by atoms with E-state index in [-0.39, 0.29) is 23.9 Å². The average molecular weight is 328 g/mol. The van der Waals surface area contributed by atoms with Gasteiger partial charge in [0.2, 0.25) is 0 Å². The van der Waals surface area contributed by atoms with Gasteiger partial charge in [0, 0.05) is 0 Å². The monoisotopic (exact) mass is 327 g/mol. The highest BCUT2D eigenvalue weighted by Gasteiger charge is 2.36. The van der Waals surface area contributed by atoms with E-state index in [0.717, 1.165) is 31.7 Å². The van der Waals surface area contributed by atoms with Crippen molar-refractivity contribution in [2.75, 3.05) is 0 Å². The van der Waals surface area contributed by atoms with Crippen LogP contribution >= 0.6 is 12.4 Å². The number of rotatable bonds is 3. The van der Waals surface area contributed by atoms with Crippen LogP contribution in [0.1, 0.15) is 42.9 Å². The molecule has 21 heavy (non-hydrogen) atoms. The summed E-state index contributed by atoms with van der Waals surface area (Å²) in [5.41, 5.74) is 4.61. The van der Waals surface area contributed by atoms with Crippen LogP contribution in [0.2, 0.25) is 0 Å². The van der Waals surface area contributed by atoms with E-state index >= 15 is 0 Å². The summed E-state index contributed by atoms with van der Waals surface area (Å²) in [6.45, 7) is 0. The van der Waals surface area contributed by atoms with Crippen molar-refractivity contribution in [2.24, 2.45) is 11.7 Å². The molecule has 0 bridgehead atoms. The van der Waals surface area contributed by atoms with Crippen molar-refractivity contribution < 1.29 is 22.7 Å². The maximum atomic E-state index is 13.2. The number of hydrogen-bond acceptors (Lipinski definition) is 2. The molecule has 0 aromatic heterocycles. The third-order valence-corrected chi connectivity index (χ3v) is 3.93. The van der Waals surface area contributed by atoms with Crippen LogP contribution in [0.15, 0.2) is 18.2 Å². The summed E-state index contributed by atoms with van der Waals surface area (Å²) < 4.78 is 51.2. The molecule has 1 fully saturated rings. The zero-order valence-corrected chi connectivity index (χ0v) is 12.1. The normalized spacial score (nSPS) is 19.1. The molecule has 1 aliphatic carbocycles. The highest BCUT2D eigenvalue weighted by Crippen LogP contribution is 2.36. The Morgan fingerprint density at radius 1 is 1.19 bits per heavy atom. The van der Waals surface area contributed by atoms with E-state index in [2.05, 4.69) is 0 Å². The van der Waals surface area contributed by atoms with Crippen molar-refractivity contribution in [1.29, 1.82) is 0 Å². The molecular weight excluding hydrogens is 310 g/mol. The van der Waals surface area contributed by atoms with E-state index in [9.17, 15) is 22.7 Å². The van der Waals surface area contributed by atoms with Crippen LogP contribution in [0.5, 0.6) is 0 Å². The second-order valence-corrected chi connectivity index (χ2v) is 5.30. The van der Waals surface area contributed by atoms with Gasteiger partial charge in [0.05, 0.1) is 17.7 Å². The fourth-order valence-electron chi connectivity index (χ4n) is 2.76. The highest BCUT2D eigenvalue weighted by atomic mass is 35.5. The van der Waals surface area contributed by atoms with Crippen LogP contribution in [0.4, 0.5) is 17.6 Å². The SMILES string of the molecule is Cl.N[C@@H](c1ccc(F)c(C(F)(F)F)c1)[C@H](O)C1CCCC1. The van der Waals surface area contributed by atoms with Gasteiger partial charge in [-0.2, -0.15) is 13.2 Å². The van der Waals surface area contributed by atoms with Crippen molar-refractivity contribution in [3.8, 4) is 0 Å². The van der Waals surface area contributed by atoms with Gasteiger partial charge >= 0.3 is 6.18 Å². The Morgan fingerprint density at radius 3 is 2.29 bits per heavy atom. The Kier molecular flexibility index (Phi) is 6.01. The standard InChI is InChI=1S/C14H17F4NO.ClH/c15-11-6-5-9(7-10(11)14(16,17)18)12(19)13(20)8-3-1-2-4-8;/h5-8,12-13,20H,1-4,19H2;1H/t12-,13+;/m0./s1. The van der Waals surface area contributed by atoms with Gasteiger partial charge < -0.3 is 10.8 Å². The predicted molar refractivity (Wildman–Crippen MR) is 73.5 cm³/mol. The van der Waals surface area contributed by atoms with Crippen molar-refractivity contribution in [1.82, 2.24) is 0 Å². The first kappa shape index (κ1) is 18.2. The van der Waals surface area contributed by atoms with E-state index in [1.165, 1.54) is 6.07 Å². The molecule has 1 aromatic carbocycles. The molecule has 0 amide bonds. The van der Waals surface area contributed by atoms with Gasteiger partial charge in [-0.25, -0.2) is 4.39 Å². The summed E-state index contributed by atoms with van der Waals surface area (Å²) in [6, 6.07) is 1.71. The van der Waals surface area contributed by atoms with E-state index in [0.29, 0.717) is 6.07 Å². The van der Waals surface area contributed by atoms with Crippen LogP contribution in [0.3, 0.4) is 0 Å². The molecule has 2 atom stereocenters. The van der Waals surface area contributed by atoms with Crippen molar-refractivity contribution >= 4 is 12.4 Å². The Labute approximate surface area is 126 Å². The Hall–Kier alpha value is -0.850. The summed E-state index contributed by atoms with van der Waals surface area (Å²) in [6.07, 6.45) is -2.04. The van der Waals surface area contributed by atoms with Crippen molar-refractivity contribution in [2.45, 2.75) is 44.0 Å². The lowest BCUT2D eigenvalue weighted by Crippen LogP contribution is -2.32. The molecule has 2 nitrogen and oxygen atoms in total. The molecule has 0 aliphatic heterocycles. The first-order valence-electron chi connectivity index (χ1n) is 6.61. The lowest BCUT2D eigenvalue weighted by Gasteiger charge is -2.25. The first-order valence-corrected chi connectivity index (χ1v) is 6.61. The van der Waals surface area contributed by atoms with Gasteiger partial charge in [-0.3, -0.25) is 0 Å². The fraction of sp³-hybridized carbons (Fsp3) is 0.571. The maximum Gasteiger partial charge on any atom is 0.419 e. The molecule has 1 aromatic rings. The molecule has 0 heterocycles. The van der Waals surface area contributed by atoms with E-state index in [4.69, 9.17) is 5.73 Å². The zero-order chi connectivity index (χ0) is 14.9. The second kappa shape index (κ2) is 6.94. The molecule has 0 unspecified atom stereocenters. The molecule has 0 spiro atoms. The largest absolute Gasteiger partial charge is 0.419 e. The highest BCUT2D eigenvalue weighted by molar-refractivity contribution is 5.85. The molecule has 0 saturated heterocycles. The minimum Gasteiger partial charge on any atom is -0.391 e. The van der Waals surface area contributed by atoms with Crippen LogP contribution in [-0.2, 0) is 6.18 Å². The molecule has 2 rings (SSSR count). The molecular formula is C14H18ClF4NO. The number of benzene rings is 1. The molecule has 7 heteroatoms. The lowest BCUT2D eigenvalue weighted by atomic mass is 9.90. The number of aliphatic hydroxyl groups is 1. The number of alkyl halides is 3. The molecule has 0 radical (unpaired) electrons. The fourth-order valence-corrected chi connectivity index (χ4v) is 2.76. The van der Waals surface area contributed by atoms with Crippen molar-refractivity contribution in [3.05, 3.63) is 35.1 Å². The van der Waals surface area contributed by atoms with Gasteiger partial charge in [-0.1, -0.05) is 18.9 Å². The lowest BCUT2D eigenvalue weighted by molar-refractivity contribution is -0.140. The van der Waals surface area contributed by atoms with Crippen molar-refractivity contribution in [3.63, 3.8) is 0 Å².